The number of aromatic nitrogens is 2. The smallest absolute Gasteiger partial charge is 0.272 e. The van der Waals surface area contributed by atoms with Crippen LogP contribution in [0.4, 0.5) is 19.6 Å². The number of carbonyl (C=O) groups is 1. The van der Waals surface area contributed by atoms with Crippen molar-refractivity contribution < 1.29 is 13.6 Å². The van der Waals surface area contributed by atoms with E-state index in [1.165, 1.54) is 0 Å². The summed E-state index contributed by atoms with van der Waals surface area (Å²) in [5, 5.41) is 2.32. The van der Waals surface area contributed by atoms with Crippen LogP contribution in [0, 0.1) is 18.8 Å². The van der Waals surface area contributed by atoms with E-state index in [0.29, 0.717) is 10.0 Å². The van der Waals surface area contributed by atoms with Crippen molar-refractivity contribution in [3.63, 3.8) is 0 Å². The molecular weight excluding hydrogens is 284 g/mol. The largest absolute Gasteiger partial charge is 0.331 e. The molecule has 0 unspecified atom stereocenters. The molecule has 0 aromatic carbocycles. The molecule has 2 heterocycles. The summed E-state index contributed by atoms with van der Waals surface area (Å²) in [7, 11) is 0. The third kappa shape index (κ3) is 2.80. The number of anilines is 2. The van der Waals surface area contributed by atoms with E-state index in [4.69, 9.17) is 11.6 Å². The summed E-state index contributed by atoms with van der Waals surface area (Å²) in [5.74, 6) is -1.89. The second kappa shape index (κ2) is 4.95. The second-order valence-corrected chi connectivity index (χ2v) is 4.87. The lowest BCUT2D eigenvalue weighted by Crippen LogP contribution is -1.96. The van der Waals surface area contributed by atoms with Crippen LogP contribution in [0.2, 0.25) is 0 Å². The summed E-state index contributed by atoms with van der Waals surface area (Å²) in [4.78, 5) is 18.5. The van der Waals surface area contributed by atoms with Crippen molar-refractivity contribution in [1.29, 1.82) is 0 Å². The van der Waals surface area contributed by atoms with Crippen LogP contribution >= 0.6 is 22.9 Å². The molecule has 0 bridgehead atoms. The fourth-order valence-corrected chi connectivity index (χ4v) is 2.36. The summed E-state index contributed by atoms with van der Waals surface area (Å²) in [6, 6.07) is 2.03. The van der Waals surface area contributed by atoms with Gasteiger partial charge in [-0.25, -0.2) is 4.98 Å². The van der Waals surface area contributed by atoms with Gasteiger partial charge in [0.25, 0.3) is 5.24 Å². The minimum absolute atomic E-state index is 0.124. The SMILES string of the molecule is Cc1sc(Nc2cc(F)nc(F)c2)nc1C(=O)Cl. The van der Waals surface area contributed by atoms with Crippen LogP contribution in [0.5, 0.6) is 0 Å². The van der Waals surface area contributed by atoms with E-state index < -0.39 is 17.1 Å². The highest BCUT2D eigenvalue weighted by molar-refractivity contribution is 7.16. The Balaban J connectivity index is 2.28. The Morgan fingerprint density at radius 3 is 2.44 bits per heavy atom. The van der Waals surface area contributed by atoms with Gasteiger partial charge in [0.2, 0.25) is 11.9 Å². The topological polar surface area (TPSA) is 54.9 Å². The fourth-order valence-electron chi connectivity index (χ4n) is 1.29. The number of hydrogen-bond acceptors (Lipinski definition) is 5. The van der Waals surface area contributed by atoms with Crippen molar-refractivity contribution in [3.05, 3.63) is 34.6 Å². The van der Waals surface area contributed by atoms with Gasteiger partial charge < -0.3 is 5.32 Å². The van der Waals surface area contributed by atoms with Gasteiger partial charge in [0.05, 0.1) is 0 Å². The maximum atomic E-state index is 12.9. The van der Waals surface area contributed by atoms with E-state index in [0.717, 1.165) is 23.5 Å². The van der Waals surface area contributed by atoms with E-state index in [1.807, 2.05) is 0 Å². The highest BCUT2D eigenvalue weighted by Gasteiger charge is 2.13. The van der Waals surface area contributed by atoms with Crippen LogP contribution < -0.4 is 5.32 Å². The minimum atomic E-state index is -0.945. The van der Waals surface area contributed by atoms with Crippen molar-refractivity contribution in [3.8, 4) is 0 Å². The zero-order valence-corrected chi connectivity index (χ0v) is 10.6. The van der Waals surface area contributed by atoms with Gasteiger partial charge in [-0.05, 0) is 18.5 Å². The average Bonchev–Trinajstić information content (AvgIpc) is 2.57. The normalized spacial score (nSPS) is 10.4. The molecular formula is C10H6ClF2N3OS. The second-order valence-electron chi connectivity index (χ2n) is 3.32. The molecule has 1 N–H and O–H groups in total. The predicted molar refractivity (Wildman–Crippen MR) is 64.5 cm³/mol. The van der Waals surface area contributed by atoms with Crippen molar-refractivity contribution in [2.45, 2.75) is 6.92 Å². The summed E-state index contributed by atoms with van der Waals surface area (Å²) < 4.78 is 25.7. The molecule has 4 nitrogen and oxygen atoms in total. The van der Waals surface area contributed by atoms with Gasteiger partial charge in [0, 0.05) is 22.7 Å². The first-order valence-corrected chi connectivity index (χ1v) is 5.92. The van der Waals surface area contributed by atoms with Crippen LogP contribution in [0.25, 0.3) is 0 Å². The van der Waals surface area contributed by atoms with Crippen LogP contribution in [-0.2, 0) is 0 Å². The first-order chi connectivity index (χ1) is 8.45. The molecule has 0 aliphatic carbocycles. The maximum absolute atomic E-state index is 12.9. The molecule has 2 aromatic rings. The van der Waals surface area contributed by atoms with Crippen LogP contribution in [-0.4, -0.2) is 15.2 Å². The van der Waals surface area contributed by atoms with Gasteiger partial charge in [-0.2, -0.15) is 13.8 Å². The van der Waals surface area contributed by atoms with Crippen molar-refractivity contribution in [2.75, 3.05) is 5.32 Å². The molecule has 0 atom stereocenters. The Hall–Kier alpha value is -1.60. The standard InChI is InChI=1S/C10H6ClF2N3OS/c1-4-8(9(11)17)16-10(18-4)14-5-2-6(12)15-7(13)3-5/h2-3H,1H3,(H,14,15,16). The molecule has 0 spiro atoms. The Bertz CT molecular complexity index is 597. The van der Waals surface area contributed by atoms with Crippen LogP contribution in [0.3, 0.4) is 0 Å². The highest BCUT2D eigenvalue weighted by atomic mass is 35.5. The van der Waals surface area contributed by atoms with Crippen LogP contribution in [0.15, 0.2) is 12.1 Å². The quantitative estimate of drug-likeness (QED) is 0.696. The van der Waals surface area contributed by atoms with E-state index in [9.17, 15) is 13.6 Å². The summed E-state index contributed by atoms with van der Waals surface area (Å²) in [5.41, 5.74) is 0.279. The molecule has 0 amide bonds. The lowest BCUT2D eigenvalue weighted by molar-refractivity contribution is 0.107. The molecule has 0 saturated carbocycles. The number of nitrogens with zero attached hydrogens (tertiary/aromatic N) is 2. The minimum Gasteiger partial charge on any atom is -0.331 e. The summed E-state index contributed by atoms with van der Waals surface area (Å²) in [6.07, 6.45) is 0. The molecule has 94 valence electrons. The monoisotopic (exact) mass is 289 g/mol. The first-order valence-electron chi connectivity index (χ1n) is 4.73. The number of thiazole rings is 1. The van der Waals surface area contributed by atoms with Crippen LogP contribution in [0.1, 0.15) is 15.4 Å². The van der Waals surface area contributed by atoms with Gasteiger partial charge in [-0.1, -0.05) is 0 Å². The first kappa shape index (κ1) is 12.8. The Morgan fingerprint density at radius 2 is 1.94 bits per heavy atom. The Labute approximate surface area is 110 Å². The molecule has 0 fully saturated rings. The summed E-state index contributed by atoms with van der Waals surface area (Å²) in [6.45, 7) is 1.67. The molecule has 2 aromatic heterocycles. The number of pyridine rings is 1. The zero-order chi connectivity index (χ0) is 13.3. The number of nitrogens with one attached hydrogen (secondary N) is 1. The summed E-state index contributed by atoms with van der Waals surface area (Å²) >= 11 is 6.48. The average molecular weight is 290 g/mol. The molecule has 0 aliphatic heterocycles. The predicted octanol–water partition coefficient (Wildman–Crippen LogP) is 3.25. The third-order valence-corrected chi connectivity index (χ3v) is 3.06. The molecule has 0 radical (unpaired) electrons. The molecule has 18 heavy (non-hydrogen) atoms. The number of rotatable bonds is 3. The lowest BCUT2D eigenvalue weighted by Gasteiger charge is -2.01. The van der Waals surface area contributed by atoms with Gasteiger partial charge in [-0.3, -0.25) is 4.79 Å². The fraction of sp³-hybridized carbons (Fsp3) is 0.100. The number of aryl methyl sites for hydroxylation is 1. The molecule has 2 rings (SSSR count). The highest BCUT2D eigenvalue weighted by Crippen LogP contribution is 2.26. The third-order valence-electron chi connectivity index (χ3n) is 2.00. The van der Waals surface area contributed by atoms with Crippen molar-refractivity contribution >= 4 is 39.0 Å². The van der Waals surface area contributed by atoms with Gasteiger partial charge in [0.1, 0.15) is 5.69 Å². The van der Waals surface area contributed by atoms with E-state index in [-0.39, 0.29) is 11.4 Å². The van der Waals surface area contributed by atoms with Crippen molar-refractivity contribution in [1.82, 2.24) is 9.97 Å². The lowest BCUT2D eigenvalue weighted by atomic mass is 10.4. The van der Waals surface area contributed by atoms with E-state index in [1.54, 1.807) is 6.92 Å². The van der Waals surface area contributed by atoms with Gasteiger partial charge in [0.15, 0.2) is 5.13 Å². The number of halogens is 3. The molecule has 0 aliphatic rings. The maximum Gasteiger partial charge on any atom is 0.272 e. The molecule has 8 heteroatoms. The van der Waals surface area contributed by atoms with E-state index in [2.05, 4.69) is 15.3 Å². The number of carbonyl (C=O) groups excluding carboxylic acids is 1. The van der Waals surface area contributed by atoms with E-state index >= 15 is 0 Å². The Morgan fingerprint density at radius 1 is 1.33 bits per heavy atom. The van der Waals surface area contributed by atoms with Gasteiger partial charge >= 0.3 is 0 Å². The zero-order valence-electron chi connectivity index (χ0n) is 9.00. The molecule has 0 saturated heterocycles. The number of hydrogen-bond donors (Lipinski definition) is 1. The van der Waals surface area contributed by atoms with Crippen molar-refractivity contribution in [2.24, 2.45) is 0 Å². The Kier molecular flexibility index (Phi) is 3.53. The van der Waals surface area contributed by atoms with Gasteiger partial charge in [-0.15, -0.1) is 11.3 Å².